The van der Waals surface area contributed by atoms with E-state index in [-0.39, 0.29) is 0 Å². The summed E-state index contributed by atoms with van der Waals surface area (Å²) in [5.41, 5.74) is 0. The van der Waals surface area contributed by atoms with Gasteiger partial charge < -0.3 is 0 Å². The maximum atomic E-state index is 3.55. The van der Waals surface area contributed by atoms with E-state index in [9.17, 15) is 0 Å². The van der Waals surface area contributed by atoms with Crippen molar-refractivity contribution in [3.63, 3.8) is 0 Å². The van der Waals surface area contributed by atoms with Crippen LogP contribution in [0, 0.1) is 0 Å². The molecule has 0 bridgehead atoms. The summed E-state index contributed by atoms with van der Waals surface area (Å²) in [4.78, 5) is 1.33. The predicted molar refractivity (Wildman–Crippen MR) is 63.4 cm³/mol. The third-order valence-corrected chi connectivity index (χ3v) is 3.54. The molecular weight excluding hydrogens is 244 g/mol. The van der Waals surface area contributed by atoms with Crippen LogP contribution in [0.2, 0.25) is 0 Å². The molecule has 0 saturated heterocycles. The van der Waals surface area contributed by atoms with Crippen LogP contribution >= 0.6 is 27.7 Å². The molecule has 0 atom stereocenters. The zero-order chi connectivity index (χ0) is 9.26. The maximum Gasteiger partial charge on any atom is 0.0254 e. The number of hydrogen-bond acceptors (Lipinski definition) is 1. The highest BCUT2D eigenvalue weighted by Gasteiger charge is 2.00. The van der Waals surface area contributed by atoms with Crippen LogP contribution in [0.15, 0.2) is 45.8 Å². The summed E-state index contributed by atoms with van der Waals surface area (Å²) >= 11 is 5.34. The largest absolute Gasteiger partial charge is 0.129 e. The van der Waals surface area contributed by atoms with E-state index < -0.39 is 0 Å². The van der Waals surface area contributed by atoms with E-state index in [0.717, 1.165) is 0 Å². The molecule has 0 nitrogen and oxygen atoms in total. The average molecular weight is 253 g/mol. The van der Waals surface area contributed by atoms with Crippen LogP contribution in [-0.4, -0.2) is 6.26 Å². The molecule has 0 aliphatic heterocycles. The molecule has 13 heavy (non-hydrogen) atoms. The van der Waals surface area contributed by atoms with E-state index in [2.05, 4.69) is 58.6 Å². The summed E-state index contributed by atoms with van der Waals surface area (Å²) in [5.74, 6) is 0. The molecule has 2 rings (SSSR count). The van der Waals surface area contributed by atoms with Crippen molar-refractivity contribution in [2.45, 2.75) is 4.90 Å². The van der Waals surface area contributed by atoms with Crippen LogP contribution in [0.25, 0.3) is 10.8 Å². The zero-order valence-corrected chi connectivity index (χ0v) is 9.65. The molecule has 0 N–H and O–H groups in total. The van der Waals surface area contributed by atoms with Gasteiger partial charge in [-0.1, -0.05) is 40.2 Å². The quantitative estimate of drug-likeness (QED) is 0.682. The molecule has 0 saturated carbocycles. The summed E-state index contributed by atoms with van der Waals surface area (Å²) in [5, 5.41) is 2.61. The van der Waals surface area contributed by atoms with Gasteiger partial charge in [0, 0.05) is 9.37 Å². The van der Waals surface area contributed by atoms with E-state index in [1.54, 1.807) is 11.8 Å². The summed E-state index contributed by atoms with van der Waals surface area (Å²) < 4.78 is 1.17. The Morgan fingerprint density at radius 2 is 1.69 bits per heavy atom. The molecule has 0 radical (unpaired) electrons. The monoisotopic (exact) mass is 252 g/mol. The first kappa shape index (κ1) is 9.10. The molecule has 2 aromatic rings. The first-order valence-corrected chi connectivity index (χ1v) is 6.06. The summed E-state index contributed by atoms with van der Waals surface area (Å²) in [6.45, 7) is 0. The van der Waals surface area contributed by atoms with Crippen molar-refractivity contribution in [1.82, 2.24) is 0 Å². The Morgan fingerprint density at radius 1 is 1.00 bits per heavy atom. The number of thioether (sulfide) groups is 1. The van der Waals surface area contributed by atoms with Crippen LogP contribution in [0.3, 0.4) is 0 Å². The maximum absolute atomic E-state index is 3.55. The third-order valence-electron chi connectivity index (χ3n) is 2.05. The lowest BCUT2D eigenvalue weighted by Gasteiger charge is -2.04. The van der Waals surface area contributed by atoms with E-state index in [0.29, 0.717) is 0 Å². The summed E-state index contributed by atoms with van der Waals surface area (Å²) in [6.07, 6.45) is 2.11. The third kappa shape index (κ3) is 1.61. The smallest absolute Gasteiger partial charge is 0.0254 e. The molecule has 0 heterocycles. The fourth-order valence-corrected chi connectivity index (χ4v) is 2.53. The second-order valence-corrected chi connectivity index (χ2v) is 4.50. The average Bonchev–Trinajstić information content (AvgIpc) is 2.18. The van der Waals surface area contributed by atoms with E-state index in [1.807, 2.05) is 0 Å². The molecule has 66 valence electrons. The molecule has 2 aromatic carbocycles. The summed E-state index contributed by atoms with van der Waals surface area (Å²) in [6, 6.07) is 12.7. The Hall–Kier alpha value is -0.470. The van der Waals surface area contributed by atoms with Crippen molar-refractivity contribution in [1.29, 1.82) is 0 Å². The van der Waals surface area contributed by atoms with E-state index in [4.69, 9.17) is 0 Å². The Morgan fingerprint density at radius 3 is 2.46 bits per heavy atom. The van der Waals surface area contributed by atoms with Crippen LogP contribution in [-0.2, 0) is 0 Å². The fourth-order valence-electron chi connectivity index (χ4n) is 1.42. The topological polar surface area (TPSA) is 0 Å². The summed E-state index contributed by atoms with van der Waals surface area (Å²) in [7, 11) is 0. The Balaban J connectivity index is 2.84. The van der Waals surface area contributed by atoms with Crippen LogP contribution in [0.5, 0.6) is 0 Å². The molecule has 0 aromatic heterocycles. The molecule has 2 heteroatoms. The van der Waals surface area contributed by atoms with Gasteiger partial charge in [-0.2, -0.15) is 0 Å². The first-order valence-electron chi connectivity index (χ1n) is 4.04. The molecule has 0 fully saturated rings. The minimum atomic E-state index is 1.17. The highest BCUT2D eigenvalue weighted by atomic mass is 79.9. The van der Waals surface area contributed by atoms with E-state index >= 15 is 0 Å². The lowest BCUT2D eigenvalue weighted by molar-refractivity contribution is 1.54. The standard InChI is InChI=1S/C11H9BrS/c1-13-11-7-3-4-8-9(11)5-2-6-10(8)12/h2-7H,1H3. The van der Waals surface area contributed by atoms with Crippen molar-refractivity contribution in [3.8, 4) is 0 Å². The molecular formula is C11H9BrS. The molecule has 0 aliphatic carbocycles. The zero-order valence-electron chi connectivity index (χ0n) is 7.25. The second-order valence-electron chi connectivity index (χ2n) is 2.80. The van der Waals surface area contributed by atoms with Gasteiger partial charge in [-0.3, -0.25) is 0 Å². The first-order chi connectivity index (χ1) is 6.33. The van der Waals surface area contributed by atoms with Gasteiger partial charge in [0.25, 0.3) is 0 Å². The van der Waals surface area contributed by atoms with Crippen molar-refractivity contribution < 1.29 is 0 Å². The van der Waals surface area contributed by atoms with Crippen molar-refractivity contribution in [3.05, 3.63) is 40.9 Å². The molecule has 0 spiro atoms. The van der Waals surface area contributed by atoms with Crippen molar-refractivity contribution >= 4 is 38.5 Å². The number of hydrogen-bond donors (Lipinski definition) is 0. The molecule has 0 unspecified atom stereocenters. The van der Waals surface area contributed by atoms with Crippen LogP contribution in [0.1, 0.15) is 0 Å². The highest BCUT2D eigenvalue weighted by Crippen LogP contribution is 2.30. The molecule has 0 amide bonds. The van der Waals surface area contributed by atoms with Crippen molar-refractivity contribution in [2.24, 2.45) is 0 Å². The Bertz CT molecular complexity index is 437. The van der Waals surface area contributed by atoms with Gasteiger partial charge in [0.1, 0.15) is 0 Å². The van der Waals surface area contributed by atoms with Gasteiger partial charge in [0.05, 0.1) is 0 Å². The second kappa shape index (κ2) is 3.72. The van der Waals surface area contributed by atoms with Crippen LogP contribution in [0.4, 0.5) is 0 Å². The minimum Gasteiger partial charge on any atom is -0.129 e. The number of fused-ring (bicyclic) bond motifs is 1. The highest BCUT2D eigenvalue weighted by molar-refractivity contribution is 9.10. The normalized spacial score (nSPS) is 10.6. The van der Waals surface area contributed by atoms with Crippen molar-refractivity contribution in [2.75, 3.05) is 6.26 Å². The Kier molecular flexibility index (Phi) is 2.61. The van der Waals surface area contributed by atoms with Gasteiger partial charge >= 0.3 is 0 Å². The van der Waals surface area contributed by atoms with Gasteiger partial charge in [0.15, 0.2) is 0 Å². The molecule has 0 aliphatic rings. The number of halogens is 1. The van der Waals surface area contributed by atoms with E-state index in [1.165, 1.54) is 20.1 Å². The fraction of sp³-hybridized carbons (Fsp3) is 0.0909. The van der Waals surface area contributed by atoms with Gasteiger partial charge in [-0.25, -0.2) is 0 Å². The van der Waals surface area contributed by atoms with Crippen LogP contribution < -0.4 is 0 Å². The van der Waals surface area contributed by atoms with Gasteiger partial charge in [-0.15, -0.1) is 11.8 Å². The number of benzene rings is 2. The Labute approximate surface area is 90.5 Å². The lowest BCUT2D eigenvalue weighted by atomic mass is 10.1. The van der Waals surface area contributed by atoms with Gasteiger partial charge in [-0.05, 0) is 29.2 Å². The SMILES string of the molecule is CSc1cccc2c(Br)cccc12. The predicted octanol–water partition coefficient (Wildman–Crippen LogP) is 4.32. The number of rotatable bonds is 1. The minimum absolute atomic E-state index is 1.17. The van der Waals surface area contributed by atoms with Gasteiger partial charge in [0.2, 0.25) is 0 Å². The lowest BCUT2D eigenvalue weighted by Crippen LogP contribution is -1.77.